The lowest BCUT2D eigenvalue weighted by Crippen LogP contribution is -2.42. The Bertz CT molecular complexity index is 1090. The number of urea groups is 1. The van der Waals surface area contributed by atoms with Crippen molar-refractivity contribution >= 4 is 23.1 Å². The van der Waals surface area contributed by atoms with Gasteiger partial charge >= 0.3 is 12.2 Å². The molecule has 0 fully saturated rings. The molecule has 0 unspecified atom stereocenters. The molecule has 7 heteroatoms. The van der Waals surface area contributed by atoms with Crippen LogP contribution in [0.2, 0.25) is 0 Å². The molecule has 0 spiro atoms. The first kappa shape index (κ1) is 21.4. The molecule has 2 heterocycles. The third-order valence-corrected chi connectivity index (χ3v) is 6.96. The molecule has 1 aliphatic rings. The van der Waals surface area contributed by atoms with Crippen molar-refractivity contribution in [2.75, 3.05) is 11.9 Å². The van der Waals surface area contributed by atoms with Crippen LogP contribution in [0.5, 0.6) is 0 Å². The zero-order valence-electron chi connectivity index (χ0n) is 17.3. The fourth-order valence-electron chi connectivity index (χ4n) is 4.32. The van der Waals surface area contributed by atoms with Crippen LogP contribution in [0.3, 0.4) is 0 Å². The van der Waals surface area contributed by atoms with Crippen molar-refractivity contribution in [3.8, 4) is 0 Å². The van der Waals surface area contributed by atoms with Crippen LogP contribution >= 0.6 is 11.3 Å². The van der Waals surface area contributed by atoms with Crippen molar-refractivity contribution in [2.24, 2.45) is 0 Å². The van der Waals surface area contributed by atoms with Crippen molar-refractivity contribution in [1.29, 1.82) is 0 Å². The van der Waals surface area contributed by atoms with Gasteiger partial charge in [-0.3, -0.25) is 0 Å². The van der Waals surface area contributed by atoms with E-state index in [4.69, 9.17) is 0 Å². The van der Waals surface area contributed by atoms with Gasteiger partial charge in [-0.15, -0.1) is 11.3 Å². The number of rotatable bonds is 3. The SMILES string of the molecule is CCc1c(C)sc2c1CCN(C(=O)Nc1ccccc1C(F)(F)F)[C@@H]2c1ccccc1. The quantitative estimate of drug-likeness (QED) is 0.472. The Hall–Kier alpha value is -2.80. The predicted molar refractivity (Wildman–Crippen MR) is 118 cm³/mol. The second kappa shape index (κ2) is 8.38. The van der Waals surface area contributed by atoms with Crippen molar-refractivity contribution < 1.29 is 18.0 Å². The van der Waals surface area contributed by atoms with Crippen LogP contribution in [0.25, 0.3) is 0 Å². The van der Waals surface area contributed by atoms with Crippen LogP contribution in [0.4, 0.5) is 23.7 Å². The van der Waals surface area contributed by atoms with E-state index in [1.54, 1.807) is 16.2 Å². The highest BCUT2D eigenvalue weighted by Crippen LogP contribution is 2.43. The summed E-state index contributed by atoms with van der Waals surface area (Å²) in [5, 5.41) is 2.52. The molecule has 1 aromatic heterocycles. The molecular formula is C24H23F3N2OS. The van der Waals surface area contributed by atoms with E-state index >= 15 is 0 Å². The summed E-state index contributed by atoms with van der Waals surface area (Å²) >= 11 is 1.68. The first-order valence-electron chi connectivity index (χ1n) is 10.2. The van der Waals surface area contributed by atoms with Crippen LogP contribution in [-0.4, -0.2) is 17.5 Å². The monoisotopic (exact) mass is 444 g/mol. The molecule has 0 radical (unpaired) electrons. The zero-order valence-corrected chi connectivity index (χ0v) is 18.1. The molecule has 1 N–H and O–H groups in total. The molecule has 162 valence electrons. The highest BCUT2D eigenvalue weighted by Gasteiger charge is 2.37. The van der Waals surface area contributed by atoms with Gasteiger partial charge in [0.15, 0.2) is 0 Å². The number of carbonyl (C=O) groups is 1. The van der Waals surface area contributed by atoms with Crippen LogP contribution in [0.15, 0.2) is 54.6 Å². The van der Waals surface area contributed by atoms with Gasteiger partial charge in [0.25, 0.3) is 0 Å². The summed E-state index contributed by atoms with van der Waals surface area (Å²) in [5.41, 5.74) is 2.47. The number of alkyl halides is 3. The lowest BCUT2D eigenvalue weighted by molar-refractivity contribution is -0.136. The number of nitrogens with zero attached hydrogens (tertiary/aromatic N) is 1. The van der Waals surface area contributed by atoms with E-state index in [2.05, 4.69) is 19.2 Å². The molecule has 2 aromatic carbocycles. The molecule has 0 saturated carbocycles. The van der Waals surface area contributed by atoms with Crippen molar-refractivity contribution in [2.45, 2.75) is 38.9 Å². The summed E-state index contributed by atoms with van der Waals surface area (Å²) in [7, 11) is 0. The first-order chi connectivity index (χ1) is 14.8. The van der Waals surface area contributed by atoms with Crippen molar-refractivity contribution in [3.05, 3.63) is 86.6 Å². The summed E-state index contributed by atoms with van der Waals surface area (Å²) < 4.78 is 40.2. The highest BCUT2D eigenvalue weighted by molar-refractivity contribution is 7.12. The summed E-state index contributed by atoms with van der Waals surface area (Å²) in [6, 6.07) is 13.9. The van der Waals surface area contributed by atoms with E-state index in [-0.39, 0.29) is 11.7 Å². The number of fused-ring (bicyclic) bond motifs is 1. The second-order valence-electron chi connectivity index (χ2n) is 7.56. The minimum atomic E-state index is -4.54. The molecule has 0 bridgehead atoms. The summed E-state index contributed by atoms with van der Waals surface area (Å²) in [4.78, 5) is 17.2. The largest absolute Gasteiger partial charge is 0.418 e. The number of hydrogen-bond acceptors (Lipinski definition) is 2. The Morgan fingerprint density at radius 3 is 2.48 bits per heavy atom. The maximum Gasteiger partial charge on any atom is 0.418 e. The molecule has 4 rings (SSSR count). The van der Waals surface area contributed by atoms with Crippen LogP contribution < -0.4 is 5.32 Å². The van der Waals surface area contributed by atoms with Gasteiger partial charge in [-0.25, -0.2) is 4.79 Å². The third kappa shape index (κ3) is 4.06. The standard InChI is InChI=1S/C24H23F3N2OS/c1-3-17-15(2)31-22-18(17)13-14-29(21(22)16-9-5-4-6-10-16)23(30)28-20-12-8-7-11-19(20)24(25,26)27/h4-12,21H,3,13-14H2,1-2H3,(H,28,30)/t21-/m1/s1. The Labute approximate surface area is 183 Å². The topological polar surface area (TPSA) is 32.3 Å². The van der Waals surface area contributed by atoms with Gasteiger partial charge in [0.2, 0.25) is 0 Å². The molecule has 0 saturated heterocycles. The average Bonchev–Trinajstić information content (AvgIpc) is 3.08. The number of carbonyl (C=O) groups excluding carboxylic acids is 1. The van der Waals surface area contributed by atoms with Gasteiger partial charge < -0.3 is 10.2 Å². The van der Waals surface area contributed by atoms with Crippen LogP contribution in [-0.2, 0) is 19.0 Å². The maximum absolute atomic E-state index is 13.4. The molecule has 3 aromatic rings. The number of aryl methyl sites for hydroxylation is 1. The average molecular weight is 445 g/mol. The fraction of sp³-hybridized carbons (Fsp3) is 0.292. The zero-order chi connectivity index (χ0) is 22.2. The smallest absolute Gasteiger partial charge is 0.312 e. The van der Waals surface area contributed by atoms with E-state index in [1.807, 2.05) is 30.3 Å². The normalized spacial score (nSPS) is 16.2. The Morgan fingerprint density at radius 1 is 1.13 bits per heavy atom. The number of hydrogen-bond donors (Lipinski definition) is 1. The highest BCUT2D eigenvalue weighted by atomic mass is 32.1. The summed E-state index contributed by atoms with van der Waals surface area (Å²) in [6.45, 7) is 4.66. The minimum Gasteiger partial charge on any atom is -0.312 e. The molecule has 31 heavy (non-hydrogen) atoms. The molecule has 2 amide bonds. The number of thiophene rings is 1. The maximum atomic E-state index is 13.4. The predicted octanol–water partition coefficient (Wildman–Crippen LogP) is 6.82. The van der Waals surface area contributed by atoms with E-state index in [0.717, 1.165) is 22.9 Å². The van der Waals surface area contributed by atoms with E-state index in [0.29, 0.717) is 13.0 Å². The first-order valence-corrected chi connectivity index (χ1v) is 11.0. The minimum absolute atomic E-state index is 0.228. The lowest BCUT2D eigenvalue weighted by atomic mass is 9.92. The van der Waals surface area contributed by atoms with Gasteiger partial charge in [-0.1, -0.05) is 49.4 Å². The fourth-order valence-corrected chi connectivity index (χ4v) is 5.77. The molecule has 3 nitrogen and oxygen atoms in total. The van der Waals surface area contributed by atoms with Crippen LogP contribution in [0.1, 0.15) is 45.0 Å². The number of para-hydroxylation sites is 1. The van der Waals surface area contributed by atoms with Crippen LogP contribution in [0, 0.1) is 6.92 Å². The van der Waals surface area contributed by atoms with E-state index in [9.17, 15) is 18.0 Å². The van der Waals surface area contributed by atoms with Gasteiger partial charge in [-0.2, -0.15) is 13.2 Å². The van der Waals surface area contributed by atoms with Gasteiger partial charge in [-0.05, 0) is 48.6 Å². The van der Waals surface area contributed by atoms with Crippen molar-refractivity contribution in [1.82, 2.24) is 4.90 Å². The number of halogens is 3. The molecule has 1 aliphatic heterocycles. The Kier molecular flexibility index (Phi) is 5.79. The second-order valence-corrected chi connectivity index (χ2v) is 8.82. The summed E-state index contributed by atoms with van der Waals surface area (Å²) in [6.07, 6.45) is -2.93. The lowest BCUT2D eigenvalue weighted by Gasteiger charge is -2.36. The third-order valence-electron chi connectivity index (χ3n) is 5.72. The number of anilines is 1. The molecule has 1 atom stereocenters. The van der Waals surface area contributed by atoms with E-state index in [1.165, 1.54) is 34.2 Å². The Balaban J connectivity index is 1.73. The number of nitrogens with one attached hydrogen (secondary N) is 1. The van der Waals surface area contributed by atoms with Gasteiger partial charge in [0, 0.05) is 16.3 Å². The number of benzene rings is 2. The number of amides is 2. The molecule has 0 aliphatic carbocycles. The van der Waals surface area contributed by atoms with E-state index < -0.39 is 17.8 Å². The molecular weight excluding hydrogens is 421 g/mol. The Morgan fingerprint density at radius 2 is 1.81 bits per heavy atom. The van der Waals surface area contributed by atoms with Gasteiger partial charge in [0.05, 0.1) is 17.3 Å². The van der Waals surface area contributed by atoms with Gasteiger partial charge in [0.1, 0.15) is 0 Å². The summed E-state index contributed by atoms with van der Waals surface area (Å²) in [5.74, 6) is 0. The van der Waals surface area contributed by atoms with Crippen molar-refractivity contribution in [3.63, 3.8) is 0 Å².